The smallest absolute Gasteiger partial charge is 0.223 e. The molecule has 0 bridgehead atoms. The average Bonchev–Trinajstić information content (AvgIpc) is 2.34. The molecule has 1 fully saturated rings. The Morgan fingerprint density at radius 1 is 1.33 bits per heavy atom. The third-order valence-corrected chi connectivity index (χ3v) is 3.73. The molecule has 1 aromatic rings. The van der Waals surface area contributed by atoms with Crippen LogP contribution in [0.15, 0.2) is 6.20 Å². The van der Waals surface area contributed by atoms with E-state index in [4.69, 9.17) is 28.9 Å². The first-order valence-corrected chi connectivity index (χ1v) is 6.54. The quantitative estimate of drug-likeness (QED) is 0.688. The van der Waals surface area contributed by atoms with Gasteiger partial charge < -0.3 is 5.73 Å². The maximum Gasteiger partial charge on any atom is 0.223 e. The van der Waals surface area contributed by atoms with Crippen LogP contribution < -0.4 is 5.73 Å². The van der Waals surface area contributed by atoms with E-state index < -0.39 is 0 Å². The second-order valence-electron chi connectivity index (χ2n) is 4.41. The summed E-state index contributed by atoms with van der Waals surface area (Å²) in [4.78, 5) is 10.3. The van der Waals surface area contributed by atoms with Gasteiger partial charge in [-0.1, -0.05) is 11.6 Å². The molecule has 1 aliphatic heterocycles. The lowest BCUT2D eigenvalue weighted by molar-refractivity contribution is 0.180. The molecule has 1 saturated heterocycles. The highest BCUT2D eigenvalue weighted by molar-refractivity contribution is 6.32. The van der Waals surface area contributed by atoms with Gasteiger partial charge in [-0.15, -0.1) is 12.4 Å². The van der Waals surface area contributed by atoms with Gasteiger partial charge in [0.25, 0.3) is 0 Å². The first kappa shape index (κ1) is 15.9. The Hall–Kier alpha value is -0.130. The van der Waals surface area contributed by atoms with Crippen LogP contribution in [0.4, 0.5) is 0 Å². The van der Waals surface area contributed by atoms with Gasteiger partial charge >= 0.3 is 0 Å². The highest BCUT2D eigenvalue weighted by Crippen LogP contribution is 2.21. The highest BCUT2D eigenvalue weighted by atomic mass is 35.5. The molecule has 2 heterocycles. The SMILES string of the molecule is Cl.NCC1CCN(Cc2cnc(Cl)nc2Cl)CC1. The van der Waals surface area contributed by atoms with Gasteiger partial charge in [0.15, 0.2) is 0 Å². The summed E-state index contributed by atoms with van der Waals surface area (Å²) in [5, 5.41) is 0.645. The van der Waals surface area contributed by atoms with E-state index in [0.29, 0.717) is 11.1 Å². The lowest BCUT2D eigenvalue weighted by Crippen LogP contribution is -2.35. The van der Waals surface area contributed by atoms with E-state index in [9.17, 15) is 0 Å². The van der Waals surface area contributed by atoms with Crippen LogP contribution in [0.25, 0.3) is 0 Å². The molecule has 2 rings (SSSR count). The summed E-state index contributed by atoms with van der Waals surface area (Å²) in [6.07, 6.45) is 4.01. The number of nitrogens with zero attached hydrogens (tertiary/aromatic N) is 3. The van der Waals surface area contributed by atoms with Crippen LogP contribution in [0, 0.1) is 5.92 Å². The van der Waals surface area contributed by atoms with Crippen LogP contribution in [0.2, 0.25) is 10.4 Å². The molecule has 0 atom stereocenters. The molecule has 0 spiro atoms. The van der Waals surface area contributed by atoms with Crippen LogP contribution >= 0.6 is 35.6 Å². The monoisotopic (exact) mass is 310 g/mol. The second-order valence-corrected chi connectivity index (χ2v) is 5.11. The van der Waals surface area contributed by atoms with Crippen molar-refractivity contribution in [3.63, 3.8) is 0 Å². The molecule has 0 amide bonds. The van der Waals surface area contributed by atoms with E-state index in [1.165, 1.54) is 0 Å². The minimum Gasteiger partial charge on any atom is -0.330 e. The van der Waals surface area contributed by atoms with Crippen molar-refractivity contribution in [2.24, 2.45) is 11.7 Å². The van der Waals surface area contributed by atoms with Crippen molar-refractivity contribution in [1.29, 1.82) is 0 Å². The highest BCUT2D eigenvalue weighted by Gasteiger charge is 2.19. The number of aromatic nitrogens is 2. The Labute approximate surface area is 123 Å². The molecule has 0 unspecified atom stereocenters. The standard InChI is InChI=1S/C11H16Cl2N4.ClH/c12-10-9(6-15-11(13)16-10)7-17-3-1-8(5-14)2-4-17;/h6,8H,1-5,7,14H2;1H. The van der Waals surface area contributed by atoms with Gasteiger partial charge in [-0.05, 0) is 50.0 Å². The molecular weight excluding hydrogens is 295 g/mol. The molecule has 4 nitrogen and oxygen atoms in total. The molecular formula is C11H17Cl3N4. The molecule has 7 heteroatoms. The predicted octanol–water partition coefficient (Wildman–Crippen LogP) is 2.38. The molecule has 1 aliphatic rings. The fraction of sp³-hybridized carbons (Fsp3) is 0.636. The van der Waals surface area contributed by atoms with E-state index in [1.807, 2.05) is 0 Å². The van der Waals surface area contributed by atoms with Gasteiger partial charge in [0.2, 0.25) is 5.28 Å². The molecule has 102 valence electrons. The summed E-state index contributed by atoms with van der Waals surface area (Å²) >= 11 is 11.7. The Morgan fingerprint density at radius 3 is 2.56 bits per heavy atom. The minimum absolute atomic E-state index is 0. The maximum absolute atomic E-state index is 6.02. The van der Waals surface area contributed by atoms with Crippen molar-refractivity contribution < 1.29 is 0 Å². The Balaban J connectivity index is 0.00000162. The number of nitrogens with two attached hydrogens (primary N) is 1. The van der Waals surface area contributed by atoms with E-state index in [-0.39, 0.29) is 17.7 Å². The van der Waals surface area contributed by atoms with Crippen molar-refractivity contribution in [3.05, 3.63) is 22.2 Å². The van der Waals surface area contributed by atoms with Crippen LogP contribution in [0.3, 0.4) is 0 Å². The van der Waals surface area contributed by atoms with Crippen LogP contribution in [0.5, 0.6) is 0 Å². The molecule has 0 saturated carbocycles. The lowest BCUT2D eigenvalue weighted by Gasteiger charge is -2.31. The first-order chi connectivity index (χ1) is 8.19. The zero-order valence-corrected chi connectivity index (χ0v) is 12.3. The van der Waals surface area contributed by atoms with Gasteiger partial charge in [0.1, 0.15) is 5.15 Å². The van der Waals surface area contributed by atoms with E-state index in [1.54, 1.807) is 6.20 Å². The molecule has 0 aromatic carbocycles. The van der Waals surface area contributed by atoms with Crippen LogP contribution in [-0.2, 0) is 6.54 Å². The predicted molar refractivity (Wildman–Crippen MR) is 76.4 cm³/mol. The van der Waals surface area contributed by atoms with E-state index in [2.05, 4.69) is 14.9 Å². The minimum atomic E-state index is 0. The van der Waals surface area contributed by atoms with Crippen LogP contribution in [-0.4, -0.2) is 34.5 Å². The summed E-state index contributed by atoms with van der Waals surface area (Å²) < 4.78 is 0. The van der Waals surface area contributed by atoms with Crippen molar-refractivity contribution in [1.82, 2.24) is 14.9 Å². The molecule has 0 aliphatic carbocycles. The lowest BCUT2D eigenvalue weighted by atomic mass is 9.97. The van der Waals surface area contributed by atoms with Crippen molar-refractivity contribution in [2.75, 3.05) is 19.6 Å². The average molecular weight is 312 g/mol. The van der Waals surface area contributed by atoms with Gasteiger partial charge in [-0.3, -0.25) is 4.90 Å². The molecule has 0 radical (unpaired) electrons. The molecule has 2 N–H and O–H groups in total. The summed E-state index contributed by atoms with van der Waals surface area (Å²) in [6, 6.07) is 0. The van der Waals surface area contributed by atoms with Gasteiger partial charge in [0.05, 0.1) is 0 Å². The van der Waals surface area contributed by atoms with Gasteiger partial charge in [0, 0.05) is 18.3 Å². The number of likely N-dealkylation sites (tertiary alicyclic amines) is 1. The van der Waals surface area contributed by atoms with Gasteiger partial charge in [-0.2, -0.15) is 0 Å². The Kier molecular flexibility index (Phi) is 6.60. The first-order valence-electron chi connectivity index (χ1n) is 5.78. The summed E-state index contributed by atoms with van der Waals surface area (Å²) in [6.45, 7) is 3.69. The second kappa shape index (κ2) is 7.46. The van der Waals surface area contributed by atoms with Crippen molar-refractivity contribution in [2.45, 2.75) is 19.4 Å². The van der Waals surface area contributed by atoms with Crippen molar-refractivity contribution in [3.8, 4) is 0 Å². The third-order valence-electron chi connectivity index (χ3n) is 3.22. The van der Waals surface area contributed by atoms with E-state index >= 15 is 0 Å². The number of piperidine rings is 1. The largest absolute Gasteiger partial charge is 0.330 e. The number of hydrogen-bond donors (Lipinski definition) is 1. The summed E-state index contributed by atoms with van der Waals surface area (Å²) in [5.74, 6) is 0.670. The number of rotatable bonds is 3. The molecule has 18 heavy (non-hydrogen) atoms. The fourth-order valence-corrected chi connectivity index (χ4v) is 2.46. The Morgan fingerprint density at radius 2 is 2.00 bits per heavy atom. The third kappa shape index (κ3) is 4.21. The van der Waals surface area contributed by atoms with Gasteiger partial charge in [-0.25, -0.2) is 9.97 Å². The number of halogens is 3. The summed E-state index contributed by atoms with van der Waals surface area (Å²) in [7, 11) is 0. The normalized spacial score (nSPS) is 17.5. The Bertz CT molecular complexity index is 381. The van der Waals surface area contributed by atoms with Crippen molar-refractivity contribution >= 4 is 35.6 Å². The fourth-order valence-electron chi connectivity index (χ4n) is 2.09. The van der Waals surface area contributed by atoms with Crippen LogP contribution in [0.1, 0.15) is 18.4 Å². The number of hydrogen-bond acceptors (Lipinski definition) is 4. The molecule has 1 aromatic heterocycles. The topological polar surface area (TPSA) is 55.0 Å². The zero-order chi connectivity index (χ0) is 12.3. The summed E-state index contributed by atoms with van der Waals surface area (Å²) in [5.41, 5.74) is 6.60. The zero-order valence-electron chi connectivity index (χ0n) is 9.98. The van der Waals surface area contributed by atoms with E-state index in [0.717, 1.165) is 44.6 Å². The maximum atomic E-state index is 6.02.